The number of carbonyl (C=O) groups excluding carboxylic acids is 2. The molecule has 1 saturated heterocycles. The lowest BCUT2D eigenvalue weighted by molar-refractivity contribution is -0.142. The van der Waals surface area contributed by atoms with Gasteiger partial charge in [-0.25, -0.2) is 4.79 Å². The molecule has 0 unspecified atom stereocenters. The summed E-state index contributed by atoms with van der Waals surface area (Å²) in [5.74, 6) is 3.50. The minimum Gasteiger partial charge on any atom is -0.469 e. The summed E-state index contributed by atoms with van der Waals surface area (Å²) in [5.41, 5.74) is 0.381. The molecule has 6 rings (SSSR count). The molecule has 1 heterocycles. The van der Waals surface area contributed by atoms with E-state index in [9.17, 15) is 9.59 Å². The molecule has 1 spiro atoms. The summed E-state index contributed by atoms with van der Waals surface area (Å²) in [4.78, 5) is 26.4. The Bertz CT molecular complexity index is 601. The second-order valence-corrected chi connectivity index (χ2v) is 11.0. The third kappa shape index (κ3) is 3.90. The molecule has 0 aromatic heterocycles. The van der Waals surface area contributed by atoms with Gasteiger partial charge < -0.3 is 14.4 Å². The van der Waals surface area contributed by atoms with Gasteiger partial charge in [0.25, 0.3) is 0 Å². The van der Waals surface area contributed by atoms with Crippen molar-refractivity contribution in [3.63, 3.8) is 0 Å². The first-order valence-electron chi connectivity index (χ1n) is 12.1. The van der Waals surface area contributed by atoms with Gasteiger partial charge in [-0.15, -0.1) is 0 Å². The standard InChI is InChI=1S/C24H37NO4/c1-28-21(26)15-16-2-4-24(5-3-16)6-8-25(9-7-24)23(27)29-22-19-11-17-10-18(13-19)14-20(22)12-17/h16-20,22H,2-15H2,1H3. The summed E-state index contributed by atoms with van der Waals surface area (Å²) in [7, 11) is 1.48. The van der Waals surface area contributed by atoms with Crippen LogP contribution in [0.25, 0.3) is 0 Å². The molecule has 0 radical (unpaired) electrons. The molecule has 5 aliphatic carbocycles. The summed E-state index contributed by atoms with van der Waals surface area (Å²) < 4.78 is 11.0. The van der Waals surface area contributed by atoms with Gasteiger partial charge in [0.2, 0.25) is 0 Å². The first-order chi connectivity index (χ1) is 14.0. The Morgan fingerprint density at radius 1 is 0.897 bits per heavy atom. The predicted octanol–water partition coefficient (Wildman–Crippen LogP) is 4.78. The molecule has 4 bridgehead atoms. The van der Waals surface area contributed by atoms with E-state index in [0.29, 0.717) is 29.6 Å². The van der Waals surface area contributed by atoms with Crippen molar-refractivity contribution >= 4 is 12.1 Å². The third-order valence-corrected chi connectivity index (χ3v) is 9.31. The molecule has 5 nitrogen and oxygen atoms in total. The lowest BCUT2D eigenvalue weighted by atomic mass is 9.55. The zero-order valence-electron chi connectivity index (χ0n) is 17.9. The lowest BCUT2D eigenvalue weighted by Gasteiger charge is -2.53. The van der Waals surface area contributed by atoms with Crippen molar-refractivity contribution in [1.82, 2.24) is 4.90 Å². The second-order valence-electron chi connectivity index (χ2n) is 11.0. The van der Waals surface area contributed by atoms with Crippen LogP contribution in [0, 0.1) is 35.0 Å². The van der Waals surface area contributed by atoms with E-state index in [2.05, 4.69) is 0 Å². The van der Waals surface area contributed by atoms with Crippen LogP contribution < -0.4 is 0 Å². The van der Waals surface area contributed by atoms with E-state index in [4.69, 9.17) is 9.47 Å². The van der Waals surface area contributed by atoms with Gasteiger partial charge >= 0.3 is 12.1 Å². The first-order valence-corrected chi connectivity index (χ1v) is 12.1. The Balaban J connectivity index is 1.10. The van der Waals surface area contributed by atoms with Crippen molar-refractivity contribution in [2.75, 3.05) is 20.2 Å². The Morgan fingerprint density at radius 3 is 2.03 bits per heavy atom. The molecule has 162 valence electrons. The van der Waals surface area contributed by atoms with E-state index < -0.39 is 0 Å². The van der Waals surface area contributed by atoms with E-state index in [1.165, 1.54) is 52.1 Å². The molecular formula is C24H37NO4. The third-order valence-electron chi connectivity index (χ3n) is 9.31. The average molecular weight is 404 g/mol. The first kappa shape index (κ1) is 19.7. The van der Waals surface area contributed by atoms with Gasteiger partial charge in [0.05, 0.1) is 7.11 Å². The highest BCUT2D eigenvalue weighted by Gasteiger charge is 2.50. The zero-order valence-corrected chi connectivity index (χ0v) is 17.9. The van der Waals surface area contributed by atoms with Crippen molar-refractivity contribution < 1.29 is 19.1 Å². The molecular weight excluding hydrogens is 366 g/mol. The number of methoxy groups -OCH3 is 1. The SMILES string of the molecule is COC(=O)CC1CCC2(CC1)CCN(C(=O)OC1C3CC4CC(C3)CC1C4)CC2. The lowest BCUT2D eigenvalue weighted by Crippen LogP contribution is -2.52. The van der Waals surface area contributed by atoms with Crippen LogP contribution in [-0.4, -0.2) is 43.3 Å². The maximum atomic E-state index is 12.9. The zero-order chi connectivity index (χ0) is 20.0. The highest BCUT2D eigenvalue weighted by molar-refractivity contribution is 5.69. The van der Waals surface area contributed by atoms with Crippen LogP contribution in [0.15, 0.2) is 0 Å². The summed E-state index contributed by atoms with van der Waals surface area (Å²) in [6, 6.07) is 0. The van der Waals surface area contributed by atoms with Crippen LogP contribution in [0.1, 0.15) is 77.0 Å². The Morgan fingerprint density at radius 2 is 1.48 bits per heavy atom. The minimum absolute atomic E-state index is 0.0447. The van der Waals surface area contributed by atoms with Gasteiger partial charge in [0.15, 0.2) is 0 Å². The van der Waals surface area contributed by atoms with Crippen LogP contribution in [0.2, 0.25) is 0 Å². The highest BCUT2D eigenvalue weighted by Crippen LogP contribution is 2.55. The number of ether oxygens (including phenoxy) is 2. The van der Waals surface area contributed by atoms with Crippen molar-refractivity contribution in [2.45, 2.75) is 83.2 Å². The number of esters is 1. The van der Waals surface area contributed by atoms with Gasteiger partial charge in [0, 0.05) is 19.5 Å². The van der Waals surface area contributed by atoms with E-state index in [0.717, 1.165) is 50.6 Å². The maximum absolute atomic E-state index is 12.9. The largest absolute Gasteiger partial charge is 0.469 e. The van der Waals surface area contributed by atoms with Crippen LogP contribution >= 0.6 is 0 Å². The number of likely N-dealkylation sites (tertiary alicyclic amines) is 1. The molecule has 0 aromatic rings. The van der Waals surface area contributed by atoms with Gasteiger partial charge in [-0.1, -0.05) is 0 Å². The number of hydrogen-bond donors (Lipinski definition) is 0. The predicted molar refractivity (Wildman–Crippen MR) is 109 cm³/mol. The fourth-order valence-corrected chi connectivity index (χ4v) is 7.74. The summed E-state index contributed by atoms with van der Waals surface area (Å²) in [5, 5.41) is 0. The molecule has 5 saturated carbocycles. The second kappa shape index (κ2) is 7.77. The maximum Gasteiger partial charge on any atom is 0.410 e. The molecule has 0 atom stereocenters. The van der Waals surface area contributed by atoms with Gasteiger partial charge in [-0.2, -0.15) is 0 Å². The van der Waals surface area contributed by atoms with Gasteiger partial charge in [-0.05, 0) is 106 Å². The molecule has 1 aliphatic heterocycles. The monoisotopic (exact) mass is 403 g/mol. The Hall–Kier alpha value is -1.26. The quantitative estimate of drug-likeness (QED) is 0.636. The molecule has 29 heavy (non-hydrogen) atoms. The fraction of sp³-hybridized carbons (Fsp3) is 0.917. The van der Waals surface area contributed by atoms with Crippen molar-refractivity contribution in [3.05, 3.63) is 0 Å². The summed E-state index contributed by atoms with van der Waals surface area (Å²) >= 11 is 0. The van der Waals surface area contributed by atoms with Crippen molar-refractivity contribution in [3.8, 4) is 0 Å². The summed E-state index contributed by atoms with van der Waals surface area (Å²) in [6.45, 7) is 1.68. The van der Waals surface area contributed by atoms with Crippen LogP contribution in [-0.2, 0) is 14.3 Å². The Labute approximate surface area is 174 Å². The Kier molecular flexibility index (Phi) is 5.28. The van der Waals surface area contributed by atoms with E-state index in [1.807, 2.05) is 4.90 Å². The number of amides is 1. The molecule has 0 aromatic carbocycles. The fourth-order valence-electron chi connectivity index (χ4n) is 7.74. The topological polar surface area (TPSA) is 55.8 Å². The number of carbonyl (C=O) groups is 2. The number of nitrogens with zero attached hydrogens (tertiary/aromatic N) is 1. The summed E-state index contributed by atoms with van der Waals surface area (Å²) in [6.07, 6.45) is 14.1. The number of hydrogen-bond acceptors (Lipinski definition) is 4. The van der Waals surface area contributed by atoms with Gasteiger partial charge in [0.1, 0.15) is 6.10 Å². The molecule has 1 amide bonds. The van der Waals surface area contributed by atoms with Crippen molar-refractivity contribution in [1.29, 1.82) is 0 Å². The normalized spacial score (nSPS) is 38.2. The number of piperidine rings is 1. The van der Waals surface area contributed by atoms with Crippen LogP contribution in [0.3, 0.4) is 0 Å². The van der Waals surface area contributed by atoms with E-state index in [1.54, 1.807) is 0 Å². The highest BCUT2D eigenvalue weighted by atomic mass is 16.6. The van der Waals surface area contributed by atoms with E-state index in [-0.39, 0.29) is 18.2 Å². The molecule has 0 N–H and O–H groups in total. The van der Waals surface area contributed by atoms with Crippen molar-refractivity contribution in [2.24, 2.45) is 35.0 Å². The van der Waals surface area contributed by atoms with Crippen LogP contribution in [0.4, 0.5) is 4.79 Å². The minimum atomic E-state index is -0.0757. The molecule has 6 aliphatic rings. The molecule has 6 fully saturated rings. The average Bonchev–Trinajstić information content (AvgIpc) is 2.72. The molecule has 5 heteroatoms. The van der Waals surface area contributed by atoms with Gasteiger partial charge in [-0.3, -0.25) is 4.79 Å². The number of rotatable bonds is 3. The smallest absolute Gasteiger partial charge is 0.410 e. The van der Waals surface area contributed by atoms with Crippen LogP contribution in [0.5, 0.6) is 0 Å². The van der Waals surface area contributed by atoms with E-state index >= 15 is 0 Å².